The Labute approximate surface area is 197 Å². The maximum absolute atomic E-state index is 13.0. The lowest BCUT2D eigenvalue weighted by atomic mass is 10.1. The van der Waals surface area contributed by atoms with Gasteiger partial charge in [0.25, 0.3) is 11.8 Å². The van der Waals surface area contributed by atoms with Crippen LogP contribution in [0.25, 0.3) is 0 Å². The van der Waals surface area contributed by atoms with E-state index in [9.17, 15) is 9.59 Å². The highest BCUT2D eigenvalue weighted by atomic mass is 35.5. The van der Waals surface area contributed by atoms with E-state index < -0.39 is 0 Å². The van der Waals surface area contributed by atoms with Crippen LogP contribution < -0.4 is 20.1 Å². The van der Waals surface area contributed by atoms with Crippen LogP contribution in [0, 0.1) is 0 Å². The first kappa shape index (κ1) is 24.1. The van der Waals surface area contributed by atoms with Crippen molar-refractivity contribution in [1.29, 1.82) is 0 Å². The summed E-state index contributed by atoms with van der Waals surface area (Å²) in [6.07, 6.45) is 2.45. The third-order valence-corrected chi connectivity index (χ3v) is 5.09. The number of aryl methyl sites for hydroxylation is 1. The lowest BCUT2D eigenvalue weighted by Gasteiger charge is -2.12. The van der Waals surface area contributed by atoms with Crippen molar-refractivity contribution in [3.05, 3.63) is 70.5 Å². The Balaban J connectivity index is 1.78. The van der Waals surface area contributed by atoms with Gasteiger partial charge in [0.1, 0.15) is 18.1 Å². The van der Waals surface area contributed by atoms with Gasteiger partial charge < -0.3 is 20.1 Å². The van der Waals surface area contributed by atoms with E-state index in [2.05, 4.69) is 15.7 Å². The molecule has 1 heterocycles. The molecule has 33 heavy (non-hydrogen) atoms. The molecule has 0 aliphatic rings. The van der Waals surface area contributed by atoms with Gasteiger partial charge in [0.2, 0.25) is 0 Å². The Bertz CT molecular complexity index is 1110. The van der Waals surface area contributed by atoms with Crippen LogP contribution in [0.3, 0.4) is 0 Å². The molecule has 0 fully saturated rings. The third kappa shape index (κ3) is 6.26. The van der Waals surface area contributed by atoms with Crippen molar-refractivity contribution in [2.75, 3.05) is 19.0 Å². The van der Waals surface area contributed by atoms with Crippen molar-refractivity contribution in [1.82, 2.24) is 15.1 Å². The Morgan fingerprint density at radius 3 is 2.52 bits per heavy atom. The first-order valence-electron chi connectivity index (χ1n) is 10.7. The summed E-state index contributed by atoms with van der Waals surface area (Å²) < 4.78 is 12.8. The zero-order valence-corrected chi connectivity index (χ0v) is 19.6. The van der Waals surface area contributed by atoms with Crippen LogP contribution in [0.15, 0.2) is 48.7 Å². The van der Waals surface area contributed by atoms with Gasteiger partial charge in [-0.3, -0.25) is 14.3 Å². The minimum Gasteiger partial charge on any atom is -0.496 e. The van der Waals surface area contributed by atoms with E-state index in [1.54, 1.807) is 60.5 Å². The molecule has 0 radical (unpaired) electrons. The van der Waals surface area contributed by atoms with Gasteiger partial charge in [0.15, 0.2) is 5.69 Å². The van der Waals surface area contributed by atoms with Crippen LogP contribution in [-0.4, -0.2) is 35.2 Å². The number of hydrogen-bond donors (Lipinski definition) is 2. The van der Waals surface area contributed by atoms with Crippen LogP contribution >= 0.6 is 11.6 Å². The number of amides is 2. The van der Waals surface area contributed by atoms with Gasteiger partial charge in [0, 0.05) is 35.4 Å². The highest BCUT2D eigenvalue weighted by Crippen LogP contribution is 2.24. The van der Waals surface area contributed by atoms with Gasteiger partial charge in [0.05, 0.1) is 12.8 Å². The van der Waals surface area contributed by atoms with E-state index in [0.29, 0.717) is 46.4 Å². The standard InChI is InChI=1S/C24H27ClN4O4/c1-4-12-26-24(31)22-20(14-29(5-2)28-22)27-23(30)16-6-11-21(32-3)17(13-16)15-33-19-9-7-18(25)8-10-19/h6-11,13-14H,4-5,12,15H2,1-3H3,(H,26,31)(H,27,30). The van der Waals surface area contributed by atoms with Crippen molar-refractivity contribution in [2.24, 2.45) is 0 Å². The number of carbonyl (C=O) groups is 2. The maximum atomic E-state index is 13.0. The number of ether oxygens (including phenoxy) is 2. The van der Waals surface area contributed by atoms with Crippen molar-refractivity contribution in [2.45, 2.75) is 33.4 Å². The monoisotopic (exact) mass is 470 g/mol. The van der Waals surface area contributed by atoms with E-state index in [1.807, 2.05) is 13.8 Å². The first-order chi connectivity index (χ1) is 15.9. The summed E-state index contributed by atoms with van der Waals surface area (Å²) in [5.41, 5.74) is 1.63. The van der Waals surface area contributed by atoms with Crippen molar-refractivity contribution >= 4 is 29.1 Å². The topological polar surface area (TPSA) is 94.5 Å². The summed E-state index contributed by atoms with van der Waals surface area (Å²) in [6, 6.07) is 12.1. The quantitative estimate of drug-likeness (QED) is 0.453. The molecule has 3 rings (SSSR count). The van der Waals surface area contributed by atoms with Crippen LogP contribution in [0.2, 0.25) is 5.02 Å². The lowest BCUT2D eigenvalue weighted by molar-refractivity contribution is 0.0948. The molecule has 0 aliphatic heterocycles. The molecule has 2 N–H and O–H groups in total. The number of carbonyl (C=O) groups excluding carboxylic acids is 2. The fraction of sp³-hybridized carbons (Fsp3) is 0.292. The number of nitrogens with one attached hydrogen (secondary N) is 2. The largest absolute Gasteiger partial charge is 0.496 e. The molecular weight excluding hydrogens is 444 g/mol. The first-order valence-corrected chi connectivity index (χ1v) is 11.0. The number of nitrogens with zero attached hydrogens (tertiary/aromatic N) is 2. The fourth-order valence-corrected chi connectivity index (χ4v) is 3.21. The molecule has 0 saturated carbocycles. The Morgan fingerprint density at radius 1 is 1.09 bits per heavy atom. The number of halogens is 1. The molecule has 0 spiro atoms. The summed E-state index contributed by atoms with van der Waals surface area (Å²) in [6.45, 7) is 5.16. The van der Waals surface area contributed by atoms with Crippen LogP contribution in [0.5, 0.6) is 11.5 Å². The smallest absolute Gasteiger partial charge is 0.273 e. The molecule has 1 aromatic heterocycles. The maximum Gasteiger partial charge on any atom is 0.273 e. The van der Waals surface area contributed by atoms with Gasteiger partial charge in [-0.05, 0) is 55.8 Å². The van der Waals surface area contributed by atoms with Gasteiger partial charge >= 0.3 is 0 Å². The molecule has 2 amide bonds. The van der Waals surface area contributed by atoms with Gasteiger partial charge in [-0.25, -0.2) is 0 Å². The van der Waals surface area contributed by atoms with Crippen molar-refractivity contribution in [3.8, 4) is 11.5 Å². The average molecular weight is 471 g/mol. The molecule has 8 nitrogen and oxygen atoms in total. The average Bonchev–Trinajstić information content (AvgIpc) is 3.24. The zero-order chi connectivity index (χ0) is 23.8. The summed E-state index contributed by atoms with van der Waals surface area (Å²) in [7, 11) is 1.56. The van der Waals surface area contributed by atoms with E-state index in [4.69, 9.17) is 21.1 Å². The van der Waals surface area contributed by atoms with Gasteiger partial charge in [-0.15, -0.1) is 0 Å². The summed E-state index contributed by atoms with van der Waals surface area (Å²) >= 11 is 5.91. The molecular formula is C24H27ClN4O4. The normalized spacial score (nSPS) is 10.5. The van der Waals surface area contributed by atoms with Crippen molar-refractivity contribution in [3.63, 3.8) is 0 Å². The fourth-order valence-electron chi connectivity index (χ4n) is 3.08. The van der Waals surface area contributed by atoms with Gasteiger partial charge in [-0.2, -0.15) is 5.10 Å². The lowest BCUT2D eigenvalue weighted by Crippen LogP contribution is -2.26. The number of methoxy groups -OCH3 is 1. The van der Waals surface area contributed by atoms with E-state index in [0.717, 1.165) is 6.42 Å². The van der Waals surface area contributed by atoms with Crippen LogP contribution in [0.1, 0.15) is 46.7 Å². The Morgan fingerprint density at radius 2 is 1.85 bits per heavy atom. The molecule has 0 aliphatic carbocycles. The number of hydrogen-bond acceptors (Lipinski definition) is 5. The molecule has 0 atom stereocenters. The highest BCUT2D eigenvalue weighted by molar-refractivity contribution is 6.30. The predicted octanol–water partition coefficient (Wildman–Crippen LogP) is 4.54. The number of anilines is 1. The Kier molecular flexibility index (Phi) is 8.32. The molecule has 174 valence electrons. The predicted molar refractivity (Wildman–Crippen MR) is 127 cm³/mol. The number of aromatic nitrogens is 2. The van der Waals surface area contributed by atoms with Crippen LogP contribution in [0.4, 0.5) is 5.69 Å². The number of benzene rings is 2. The second-order valence-electron chi connectivity index (χ2n) is 7.23. The molecule has 0 saturated heterocycles. The second-order valence-corrected chi connectivity index (χ2v) is 7.66. The highest BCUT2D eigenvalue weighted by Gasteiger charge is 2.19. The molecule has 9 heteroatoms. The van der Waals surface area contributed by atoms with E-state index >= 15 is 0 Å². The molecule has 2 aromatic carbocycles. The molecule has 0 bridgehead atoms. The summed E-state index contributed by atoms with van der Waals surface area (Å²) in [4.78, 5) is 25.5. The number of rotatable bonds is 10. The minimum absolute atomic E-state index is 0.179. The van der Waals surface area contributed by atoms with Crippen LogP contribution in [-0.2, 0) is 13.2 Å². The zero-order valence-electron chi connectivity index (χ0n) is 18.9. The molecule has 3 aromatic rings. The second kappa shape index (κ2) is 11.4. The SMILES string of the molecule is CCCNC(=O)c1nn(CC)cc1NC(=O)c1ccc(OC)c(COc2ccc(Cl)cc2)c1. The van der Waals surface area contributed by atoms with Gasteiger partial charge in [-0.1, -0.05) is 18.5 Å². The van der Waals surface area contributed by atoms with E-state index in [-0.39, 0.29) is 24.1 Å². The van der Waals surface area contributed by atoms with E-state index in [1.165, 1.54) is 0 Å². The Hall–Kier alpha value is -3.52. The summed E-state index contributed by atoms with van der Waals surface area (Å²) in [5.74, 6) is 0.543. The minimum atomic E-state index is -0.370. The third-order valence-electron chi connectivity index (χ3n) is 4.84. The molecule has 0 unspecified atom stereocenters. The van der Waals surface area contributed by atoms with Crippen molar-refractivity contribution < 1.29 is 19.1 Å². The summed E-state index contributed by atoms with van der Waals surface area (Å²) in [5, 5.41) is 10.5.